The largest absolute Gasteiger partial charge is 0.358 e. The fourth-order valence-corrected chi connectivity index (χ4v) is 5.80. The third-order valence-electron chi connectivity index (χ3n) is 8.58. The lowest BCUT2D eigenvalue weighted by Crippen LogP contribution is -2.20. The van der Waals surface area contributed by atoms with E-state index in [1.807, 2.05) is 0 Å². The predicted molar refractivity (Wildman–Crippen MR) is 176 cm³/mol. The molecule has 0 aliphatic carbocycles. The van der Waals surface area contributed by atoms with Gasteiger partial charge in [-0.3, -0.25) is 0 Å². The van der Waals surface area contributed by atoms with Gasteiger partial charge in [0.05, 0.1) is 12.3 Å². The maximum atomic E-state index is 12.5. The zero-order valence-corrected chi connectivity index (χ0v) is 28.1. The van der Waals surface area contributed by atoms with Gasteiger partial charge in [0.2, 0.25) is 0 Å². The molecule has 0 fully saturated rings. The first kappa shape index (κ1) is 39.9. The fourth-order valence-electron chi connectivity index (χ4n) is 5.80. The lowest BCUT2D eigenvalue weighted by Gasteiger charge is -2.13. The Morgan fingerprint density at radius 1 is 0.390 bits per heavy atom. The molecule has 4 nitrogen and oxygen atoms in total. The standard InChI is InChI=1S/C37H72O4/c1-4-7-9-11-13-15-17-19-21-22-24-26-28-30-33-35(32-6-3)37(39)41-40-36(38)34-31-29-27-25-23-20-18-16-14-12-10-8-5-2/h35H,4-34H2,1-3H3. The molecule has 0 aromatic carbocycles. The summed E-state index contributed by atoms with van der Waals surface area (Å²) >= 11 is 0. The smallest absolute Gasteiger partial charge is 0.247 e. The maximum Gasteiger partial charge on any atom is 0.358 e. The van der Waals surface area contributed by atoms with Crippen molar-refractivity contribution in [1.82, 2.24) is 0 Å². The highest BCUT2D eigenvalue weighted by molar-refractivity contribution is 5.74. The summed E-state index contributed by atoms with van der Waals surface area (Å²) in [7, 11) is 0. The van der Waals surface area contributed by atoms with Gasteiger partial charge < -0.3 is 0 Å². The Bertz CT molecular complexity index is 547. The van der Waals surface area contributed by atoms with E-state index in [9.17, 15) is 9.59 Å². The summed E-state index contributed by atoms with van der Waals surface area (Å²) in [6.45, 7) is 6.63. The van der Waals surface area contributed by atoms with Gasteiger partial charge in [0.1, 0.15) is 0 Å². The highest BCUT2D eigenvalue weighted by atomic mass is 17.2. The second kappa shape index (κ2) is 33.4. The Kier molecular flexibility index (Phi) is 32.6. The van der Waals surface area contributed by atoms with Crippen LogP contribution in [0.5, 0.6) is 0 Å². The summed E-state index contributed by atoms with van der Waals surface area (Å²) in [4.78, 5) is 34.4. The second-order valence-corrected chi connectivity index (χ2v) is 12.7. The lowest BCUT2D eigenvalue weighted by atomic mass is 9.96. The molecule has 0 aromatic rings. The van der Waals surface area contributed by atoms with Gasteiger partial charge in [-0.15, -0.1) is 0 Å². The number of hydrogen-bond acceptors (Lipinski definition) is 4. The Morgan fingerprint density at radius 3 is 1.10 bits per heavy atom. The molecule has 0 aliphatic heterocycles. The highest BCUT2D eigenvalue weighted by Gasteiger charge is 2.21. The number of rotatable bonds is 32. The van der Waals surface area contributed by atoms with Crippen molar-refractivity contribution in [2.24, 2.45) is 5.92 Å². The van der Waals surface area contributed by atoms with Crippen molar-refractivity contribution < 1.29 is 19.4 Å². The molecule has 1 atom stereocenters. The van der Waals surface area contributed by atoms with Crippen molar-refractivity contribution in [3.05, 3.63) is 0 Å². The molecule has 4 heteroatoms. The van der Waals surface area contributed by atoms with E-state index in [4.69, 9.17) is 9.78 Å². The van der Waals surface area contributed by atoms with Crippen molar-refractivity contribution in [2.75, 3.05) is 0 Å². The average Bonchev–Trinajstić information content (AvgIpc) is 2.97. The molecule has 1 unspecified atom stereocenters. The predicted octanol–water partition coefficient (Wildman–Crippen LogP) is 12.8. The van der Waals surface area contributed by atoms with E-state index in [1.165, 1.54) is 154 Å². The molecule has 0 amide bonds. The molecule has 0 N–H and O–H groups in total. The van der Waals surface area contributed by atoms with E-state index in [1.54, 1.807) is 0 Å². The van der Waals surface area contributed by atoms with Gasteiger partial charge in [0.15, 0.2) is 0 Å². The zero-order valence-electron chi connectivity index (χ0n) is 28.1. The number of carbonyl (C=O) groups excluding carboxylic acids is 2. The van der Waals surface area contributed by atoms with E-state index in [-0.39, 0.29) is 11.9 Å². The van der Waals surface area contributed by atoms with Crippen LogP contribution in [0.1, 0.15) is 220 Å². The van der Waals surface area contributed by atoms with Crippen LogP contribution >= 0.6 is 0 Å². The first-order valence-electron chi connectivity index (χ1n) is 18.6. The van der Waals surface area contributed by atoms with Crippen molar-refractivity contribution in [3.8, 4) is 0 Å². The highest BCUT2D eigenvalue weighted by Crippen LogP contribution is 2.20. The SMILES string of the molecule is CCCCCCCCCCCCCCCCC(CCC)C(=O)OOC(=O)CCCCCCCCCCCCCCC. The van der Waals surface area contributed by atoms with E-state index < -0.39 is 5.97 Å². The quantitative estimate of drug-likeness (QED) is 0.0451. The van der Waals surface area contributed by atoms with Gasteiger partial charge in [0, 0.05) is 0 Å². The van der Waals surface area contributed by atoms with Crippen LogP contribution in [0.4, 0.5) is 0 Å². The number of unbranched alkanes of at least 4 members (excludes halogenated alkanes) is 25. The Morgan fingerprint density at radius 2 is 0.732 bits per heavy atom. The minimum Gasteiger partial charge on any atom is -0.247 e. The summed E-state index contributed by atoms with van der Waals surface area (Å²) < 4.78 is 0. The van der Waals surface area contributed by atoms with Crippen molar-refractivity contribution in [1.29, 1.82) is 0 Å². The van der Waals surface area contributed by atoms with E-state index in [0.29, 0.717) is 6.42 Å². The van der Waals surface area contributed by atoms with E-state index in [0.717, 1.165) is 38.5 Å². The molecule has 0 spiro atoms. The second-order valence-electron chi connectivity index (χ2n) is 12.7. The topological polar surface area (TPSA) is 52.6 Å². The van der Waals surface area contributed by atoms with Crippen LogP contribution in [0.25, 0.3) is 0 Å². The number of hydrogen-bond donors (Lipinski definition) is 0. The average molecular weight is 581 g/mol. The molecule has 0 aromatic heterocycles. The molecule has 0 radical (unpaired) electrons. The molecular weight excluding hydrogens is 508 g/mol. The molecular formula is C37H72O4. The molecule has 0 bridgehead atoms. The van der Waals surface area contributed by atoms with Crippen LogP contribution in [0.15, 0.2) is 0 Å². The summed E-state index contributed by atoms with van der Waals surface area (Å²) in [6, 6.07) is 0. The third-order valence-corrected chi connectivity index (χ3v) is 8.58. The minimum atomic E-state index is -0.409. The summed E-state index contributed by atoms with van der Waals surface area (Å²) in [5, 5.41) is 0. The van der Waals surface area contributed by atoms with Gasteiger partial charge in [-0.05, 0) is 19.3 Å². The minimum absolute atomic E-state index is 0.151. The van der Waals surface area contributed by atoms with Gasteiger partial charge >= 0.3 is 11.9 Å². The summed E-state index contributed by atoms with van der Waals surface area (Å²) in [5.74, 6) is -0.921. The van der Waals surface area contributed by atoms with Crippen LogP contribution in [0.2, 0.25) is 0 Å². The van der Waals surface area contributed by atoms with Crippen molar-refractivity contribution in [2.45, 2.75) is 220 Å². The van der Waals surface area contributed by atoms with Crippen LogP contribution in [0, 0.1) is 5.92 Å². The Labute approximate surface area is 256 Å². The van der Waals surface area contributed by atoms with Gasteiger partial charge in [0.25, 0.3) is 0 Å². The van der Waals surface area contributed by atoms with Crippen LogP contribution < -0.4 is 0 Å². The first-order valence-corrected chi connectivity index (χ1v) is 18.6. The van der Waals surface area contributed by atoms with Crippen LogP contribution in [0.3, 0.4) is 0 Å². The molecule has 0 aliphatic rings. The molecule has 244 valence electrons. The summed E-state index contributed by atoms with van der Waals surface area (Å²) in [6.07, 6.45) is 38.1. The molecule has 0 heterocycles. The lowest BCUT2D eigenvalue weighted by molar-refractivity contribution is -0.262. The Balaban J connectivity index is 3.64. The zero-order chi connectivity index (χ0) is 30.1. The van der Waals surface area contributed by atoms with Gasteiger partial charge in [-0.1, -0.05) is 194 Å². The molecule has 0 saturated carbocycles. The molecule has 0 saturated heterocycles. The monoisotopic (exact) mass is 581 g/mol. The first-order chi connectivity index (χ1) is 20.2. The van der Waals surface area contributed by atoms with Crippen LogP contribution in [-0.2, 0) is 19.4 Å². The summed E-state index contributed by atoms with van der Waals surface area (Å²) in [5.41, 5.74) is 0. The normalized spacial score (nSPS) is 12.0. The molecule has 0 rings (SSSR count). The van der Waals surface area contributed by atoms with Crippen molar-refractivity contribution in [3.63, 3.8) is 0 Å². The molecule has 41 heavy (non-hydrogen) atoms. The fraction of sp³-hybridized carbons (Fsp3) is 0.946. The third kappa shape index (κ3) is 30.2. The van der Waals surface area contributed by atoms with E-state index >= 15 is 0 Å². The Hall–Kier alpha value is -1.06. The van der Waals surface area contributed by atoms with E-state index in [2.05, 4.69) is 20.8 Å². The van der Waals surface area contributed by atoms with Crippen molar-refractivity contribution >= 4 is 11.9 Å². The maximum absolute atomic E-state index is 12.5. The van der Waals surface area contributed by atoms with Gasteiger partial charge in [-0.2, -0.15) is 0 Å². The van der Waals surface area contributed by atoms with Gasteiger partial charge in [-0.25, -0.2) is 19.4 Å². The number of carbonyl (C=O) groups is 2. The van der Waals surface area contributed by atoms with Crippen LogP contribution in [-0.4, -0.2) is 11.9 Å².